The third-order valence-electron chi connectivity index (χ3n) is 2.88. The second-order valence-corrected chi connectivity index (χ2v) is 5.13. The van der Waals surface area contributed by atoms with Gasteiger partial charge in [-0.05, 0) is 13.8 Å². The van der Waals surface area contributed by atoms with Gasteiger partial charge in [-0.2, -0.15) is 0 Å². The van der Waals surface area contributed by atoms with Crippen LogP contribution in [0.25, 0.3) is 0 Å². The molecule has 102 valence electrons. The van der Waals surface area contributed by atoms with Crippen LogP contribution in [0.2, 0.25) is 0 Å². The lowest BCUT2D eigenvalue weighted by Crippen LogP contribution is -2.52. The van der Waals surface area contributed by atoms with E-state index >= 15 is 0 Å². The van der Waals surface area contributed by atoms with Crippen LogP contribution >= 0.6 is 0 Å². The number of carbonyl (C=O) groups is 2. The van der Waals surface area contributed by atoms with Crippen LogP contribution in [0.4, 0.5) is 0 Å². The minimum Gasteiger partial charge on any atom is -0.467 e. The summed E-state index contributed by atoms with van der Waals surface area (Å²) in [5.74, 6) is -1.09. The summed E-state index contributed by atoms with van der Waals surface area (Å²) in [6, 6.07) is 0. The Morgan fingerprint density at radius 2 is 1.83 bits per heavy atom. The Hall–Kier alpha value is -1.42. The van der Waals surface area contributed by atoms with Gasteiger partial charge in [-0.25, -0.2) is 4.79 Å². The van der Waals surface area contributed by atoms with E-state index < -0.39 is 17.0 Å². The molecule has 0 bridgehead atoms. The van der Waals surface area contributed by atoms with Gasteiger partial charge in [0.15, 0.2) is 5.60 Å². The van der Waals surface area contributed by atoms with E-state index in [2.05, 4.69) is 11.3 Å². The summed E-state index contributed by atoms with van der Waals surface area (Å²) < 4.78 is 4.61. The molecule has 0 heterocycles. The van der Waals surface area contributed by atoms with Gasteiger partial charge in [0.2, 0.25) is 0 Å². The van der Waals surface area contributed by atoms with Crippen LogP contribution in [-0.2, 0) is 14.3 Å². The minimum absolute atomic E-state index is 0.278. The first-order valence-electron chi connectivity index (χ1n) is 5.72. The highest BCUT2D eigenvalue weighted by molar-refractivity contribution is 5.88. The molecule has 1 unspecified atom stereocenters. The van der Waals surface area contributed by atoms with Crippen molar-refractivity contribution >= 4 is 11.8 Å². The maximum atomic E-state index is 11.8. The van der Waals surface area contributed by atoms with E-state index in [0.717, 1.165) is 5.57 Å². The van der Waals surface area contributed by atoms with Gasteiger partial charge in [-0.1, -0.05) is 38.2 Å². The van der Waals surface area contributed by atoms with Crippen molar-refractivity contribution in [2.24, 2.45) is 5.41 Å². The van der Waals surface area contributed by atoms with E-state index in [1.165, 1.54) is 14.0 Å². The Morgan fingerprint density at radius 1 is 1.33 bits per heavy atom. The Bertz CT molecular complexity index is 379. The Balaban J connectivity index is 5.49. The number of aliphatic hydroxyl groups is 1. The number of esters is 1. The highest BCUT2D eigenvalue weighted by Gasteiger charge is 2.50. The summed E-state index contributed by atoms with van der Waals surface area (Å²) in [6.07, 6.45) is 3.08. The molecule has 4 heteroatoms. The van der Waals surface area contributed by atoms with Crippen molar-refractivity contribution in [2.45, 2.75) is 39.7 Å². The molecule has 0 radical (unpaired) electrons. The van der Waals surface area contributed by atoms with Crippen LogP contribution in [0.1, 0.15) is 34.1 Å². The fourth-order valence-electron chi connectivity index (χ4n) is 1.58. The number of hydrogen-bond acceptors (Lipinski definition) is 4. The van der Waals surface area contributed by atoms with Crippen LogP contribution in [0.5, 0.6) is 0 Å². The molecule has 0 fully saturated rings. The van der Waals surface area contributed by atoms with E-state index in [9.17, 15) is 14.7 Å². The SMILES string of the molecule is C=C(C)/C=C/C(C)(C)C(O)(CC(C)=O)C(=O)OC. The summed E-state index contributed by atoms with van der Waals surface area (Å²) in [5.41, 5.74) is -2.03. The summed E-state index contributed by atoms with van der Waals surface area (Å²) in [7, 11) is 1.19. The number of methoxy groups -OCH3 is 1. The van der Waals surface area contributed by atoms with Crippen molar-refractivity contribution in [3.63, 3.8) is 0 Å². The molecule has 4 nitrogen and oxygen atoms in total. The summed E-state index contributed by atoms with van der Waals surface area (Å²) in [4.78, 5) is 23.0. The Labute approximate surface area is 108 Å². The molecule has 0 amide bonds. The number of allylic oxidation sites excluding steroid dienone is 2. The summed E-state index contributed by atoms with van der Waals surface area (Å²) >= 11 is 0. The van der Waals surface area contributed by atoms with Crippen molar-refractivity contribution in [3.05, 3.63) is 24.3 Å². The zero-order valence-corrected chi connectivity index (χ0v) is 11.7. The van der Waals surface area contributed by atoms with E-state index in [1.54, 1.807) is 32.9 Å². The molecule has 0 aliphatic carbocycles. The molecule has 0 aromatic rings. The molecule has 0 spiro atoms. The summed E-state index contributed by atoms with van der Waals surface area (Å²) in [5, 5.41) is 10.5. The van der Waals surface area contributed by atoms with E-state index in [0.29, 0.717) is 0 Å². The monoisotopic (exact) mass is 254 g/mol. The topological polar surface area (TPSA) is 63.6 Å². The number of ketones is 1. The predicted octanol–water partition coefficient (Wildman–Crippen LogP) is 2.03. The van der Waals surface area contributed by atoms with Crippen molar-refractivity contribution < 1.29 is 19.4 Å². The van der Waals surface area contributed by atoms with Crippen molar-refractivity contribution in [3.8, 4) is 0 Å². The third-order valence-corrected chi connectivity index (χ3v) is 2.88. The average molecular weight is 254 g/mol. The van der Waals surface area contributed by atoms with Crippen molar-refractivity contribution in [2.75, 3.05) is 7.11 Å². The van der Waals surface area contributed by atoms with E-state index in [1.807, 2.05) is 0 Å². The lowest BCUT2D eigenvalue weighted by molar-refractivity contribution is -0.175. The van der Waals surface area contributed by atoms with Crippen LogP contribution in [-0.4, -0.2) is 29.6 Å². The zero-order valence-electron chi connectivity index (χ0n) is 11.7. The minimum atomic E-state index is -1.88. The van der Waals surface area contributed by atoms with Crippen LogP contribution in [0.3, 0.4) is 0 Å². The number of rotatable bonds is 6. The fourth-order valence-corrected chi connectivity index (χ4v) is 1.58. The number of Topliss-reactive ketones (excluding diaryl/α,β-unsaturated/α-hetero) is 1. The van der Waals surface area contributed by atoms with Gasteiger partial charge in [-0.3, -0.25) is 4.79 Å². The first kappa shape index (κ1) is 16.6. The molecule has 0 aromatic heterocycles. The van der Waals surface area contributed by atoms with Gasteiger partial charge in [0.25, 0.3) is 0 Å². The standard InChI is InChI=1S/C14H22O4/c1-10(2)7-8-13(4,5)14(17,9-11(3)15)12(16)18-6/h7-8,17H,1,9H2,2-6H3/b8-7+. The molecule has 0 aromatic carbocycles. The van der Waals surface area contributed by atoms with Gasteiger partial charge in [-0.15, -0.1) is 0 Å². The number of ether oxygens (including phenoxy) is 1. The molecular weight excluding hydrogens is 232 g/mol. The smallest absolute Gasteiger partial charge is 0.339 e. The zero-order chi connectivity index (χ0) is 14.6. The summed E-state index contributed by atoms with van der Waals surface area (Å²) in [6.45, 7) is 10.2. The lowest BCUT2D eigenvalue weighted by atomic mass is 9.71. The largest absolute Gasteiger partial charge is 0.467 e. The maximum absolute atomic E-state index is 11.8. The fraction of sp³-hybridized carbons (Fsp3) is 0.571. The van der Waals surface area contributed by atoms with E-state index in [4.69, 9.17) is 0 Å². The van der Waals surface area contributed by atoms with Crippen LogP contribution in [0, 0.1) is 5.41 Å². The second kappa shape index (κ2) is 5.96. The highest BCUT2D eigenvalue weighted by Crippen LogP contribution is 2.36. The molecule has 0 aliphatic heterocycles. The molecule has 0 saturated heterocycles. The average Bonchev–Trinajstić information content (AvgIpc) is 2.24. The molecule has 0 rings (SSSR count). The second-order valence-electron chi connectivity index (χ2n) is 5.13. The maximum Gasteiger partial charge on any atom is 0.339 e. The molecule has 1 atom stereocenters. The normalized spacial score (nSPS) is 15.2. The molecular formula is C14H22O4. The van der Waals surface area contributed by atoms with Gasteiger partial charge in [0, 0.05) is 11.8 Å². The quantitative estimate of drug-likeness (QED) is 0.582. The first-order valence-corrected chi connectivity index (χ1v) is 5.72. The van der Waals surface area contributed by atoms with Gasteiger partial charge < -0.3 is 9.84 Å². The van der Waals surface area contributed by atoms with E-state index in [-0.39, 0.29) is 12.2 Å². The third kappa shape index (κ3) is 3.81. The van der Waals surface area contributed by atoms with Crippen molar-refractivity contribution in [1.82, 2.24) is 0 Å². The van der Waals surface area contributed by atoms with Crippen molar-refractivity contribution in [1.29, 1.82) is 0 Å². The number of hydrogen-bond donors (Lipinski definition) is 1. The Morgan fingerprint density at radius 3 is 2.17 bits per heavy atom. The highest BCUT2D eigenvalue weighted by atomic mass is 16.5. The van der Waals surface area contributed by atoms with Gasteiger partial charge in [0.1, 0.15) is 5.78 Å². The van der Waals surface area contributed by atoms with Crippen LogP contribution in [0.15, 0.2) is 24.3 Å². The van der Waals surface area contributed by atoms with Gasteiger partial charge >= 0.3 is 5.97 Å². The Kier molecular flexibility index (Phi) is 5.49. The van der Waals surface area contributed by atoms with Gasteiger partial charge in [0.05, 0.1) is 7.11 Å². The van der Waals surface area contributed by atoms with Crippen LogP contribution < -0.4 is 0 Å². The molecule has 18 heavy (non-hydrogen) atoms. The number of carbonyl (C=O) groups excluding carboxylic acids is 2. The molecule has 0 aliphatic rings. The molecule has 0 saturated carbocycles. The first-order chi connectivity index (χ1) is 8.06. The molecule has 1 N–H and O–H groups in total. The lowest BCUT2D eigenvalue weighted by Gasteiger charge is -2.37. The predicted molar refractivity (Wildman–Crippen MR) is 70.0 cm³/mol.